The molecule has 2 aromatic rings. The van der Waals surface area contributed by atoms with E-state index >= 15 is 0 Å². The number of hydrogen-bond acceptors (Lipinski definition) is 5. The van der Waals surface area contributed by atoms with Gasteiger partial charge in [-0.1, -0.05) is 5.16 Å². The van der Waals surface area contributed by atoms with Crippen LogP contribution in [0.2, 0.25) is 0 Å². The maximum Gasteiger partial charge on any atom is 0.281 e. The summed E-state index contributed by atoms with van der Waals surface area (Å²) in [6.45, 7) is 1.15. The molecule has 0 aliphatic rings. The van der Waals surface area contributed by atoms with Crippen LogP contribution < -0.4 is 5.32 Å². The number of anilines is 1. The fourth-order valence-electron chi connectivity index (χ4n) is 1.48. The number of oxime groups is 1. The van der Waals surface area contributed by atoms with E-state index in [-0.39, 0.29) is 0 Å². The number of carbonyl (C=O) groups excluding carboxylic acids is 2. The number of imidazole rings is 1. The number of nitrogens with one attached hydrogen (secondary N) is 2. The Kier molecular flexibility index (Phi) is 3.05. The molecule has 0 aliphatic heterocycles. The fraction of sp³-hybridized carbons (Fsp3) is 0.0909. The Labute approximate surface area is 102 Å². The molecule has 1 aromatic carbocycles. The van der Waals surface area contributed by atoms with Crippen molar-refractivity contribution in [2.45, 2.75) is 6.92 Å². The molecule has 0 aliphatic carbocycles. The Morgan fingerprint density at radius 3 is 2.89 bits per heavy atom. The zero-order chi connectivity index (χ0) is 13.1. The SMILES string of the molecule is CC(=O)/C(=N\O)C(=O)Nc1ccc2nc[nH]c2c1. The van der Waals surface area contributed by atoms with Crippen molar-refractivity contribution < 1.29 is 14.8 Å². The highest BCUT2D eigenvalue weighted by Crippen LogP contribution is 2.15. The highest BCUT2D eigenvalue weighted by atomic mass is 16.4. The lowest BCUT2D eigenvalue weighted by molar-refractivity contribution is -0.114. The van der Waals surface area contributed by atoms with Gasteiger partial charge in [-0.2, -0.15) is 0 Å². The lowest BCUT2D eigenvalue weighted by atomic mass is 10.2. The number of hydrogen-bond donors (Lipinski definition) is 3. The summed E-state index contributed by atoms with van der Waals surface area (Å²) in [7, 11) is 0. The van der Waals surface area contributed by atoms with Gasteiger partial charge in [0.05, 0.1) is 17.4 Å². The molecule has 0 bridgehead atoms. The summed E-state index contributed by atoms with van der Waals surface area (Å²) in [4.78, 5) is 29.5. The molecule has 3 N–H and O–H groups in total. The van der Waals surface area contributed by atoms with Crippen LogP contribution in [0.4, 0.5) is 5.69 Å². The Morgan fingerprint density at radius 1 is 1.44 bits per heavy atom. The van der Waals surface area contributed by atoms with E-state index in [1.54, 1.807) is 18.2 Å². The fourth-order valence-corrected chi connectivity index (χ4v) is 1.48. The van der Waals surface area contributed by atoms with Gasteiger partial charge in [-0.25, -0.2) is 4.98 Å². The van der Waals surface area contributed by atoms with Crippen molar-refractivity contribution in [3.8, 4) is 0 Å². The largest absolute Gasteiger partial charge is 0.410 e. The Bertz CT molecular complexity index is 645. The topological polar surface area (TPSA) is 107 Å². The van der Waals surface area contributed by atoms with E-state index in [2.05, 4.69) is 20.4 Å². The average Bonchev–Trinajstić information content (AvgIpc) is 2.76. The second kappa shape index (κ2) is 4.66. The van der Waals surface area contributed by atoms with Crippen LogP contribution in [0.25, 0.3) is 11.0 Å². The second-order valence-corrected chi connectivity index (χ2v) is 3.59. The van der Waals surface area contributed by atoms with Crippen molar-refractivity contribution in [1.82, 2.24) is 9.97 Å². The first kappa shape index (κ1) is 11.8. The number of nitrogens with zero attached hydrogens (tertiary/aromatic N) is 2. The third kappa shape index (κ3) is 2.19. The number of Topliss-reactive ketones (excluding diaryl/α,β-unsaturated/α-hetero) is 1. The zero-order valence-electron chi connectivity index (χ0n) is 9.47. The maximum atomic E-state index is 11.6. The third-order valence-electron chi connectivity index (χ3n) is 2.33. The Hall–Kier alpha value is -2.70. The number of carbonyl (C=O) groups is 2. The van der Waals surface area contributed by atoms with Crippen LogP contribution in [-0.4, -0.2) is 32.6 Å². The first-order valence-electron chi connectivity index (χ1n) is 5.09. The van der Waals surface area contributed by atoms with Gasteiger partial charge in [0, 0.05) is 12.6 Å². The highest BCUT2D eigenvalue weighted by molar-refractivity contribution is 6.67. The molecule has 0 fully saturated rings. The summed E-state index contributed by atoms with van der Waals surface area (Å²) in [5.74, 6) is -1.37. The van der Waals surface area contributed by atoms with Gasteiger partial charge >= 0.3 is 0 Å². The monoisotopic (exact) mass is 246 g/mol. The quantitative estimate of drug-likeness (QED) is 0.324. The van der Waals surface area contributed by atoms with Crippen LogP contribution in [0.15, 0.2) is 29.7 Å². The minimum atomic E-state index is -0.760. The number of benzene rings is 1. The number of rotatable bonds is 3. The molecule has 0 saturated carbocycles. The number of amides is 1. The van der Waals surface area contributed by atoms with Crippen molar-refractivity contribution in [3.05, 3.63) is 24.5 Å². The van der Waals surface area contributed by atoms with E-state index in [0.29, 0.717) is 5.69 Å². The molecule has 7 nitrogen and oxygen atoms in total. The van der Waals surface area contributed by atoms with Gasteiger partial charge < -0.3 is 15.5 Å². The average molecular weight is 246 g/mol. The summed E-state index contributed by atoms with van der Waals surface area (Å²) < 4.78 is 0. The molecular formula is C11H10N4O3. The molecule has 2 rings (SSSR count). The van der Waals surface area contributed by atoms with Crippen LogP contribution in [0.1, 0.15) is 6.92 Å². The molecule has 0 atom stereocenters. The van der Waals surface area contributed by atoms with Gasteiger partial charge in [0.2, 0.25) is 5.71 Å². The van der Waals surface area contributed by atoms with Gasteiger partial charge in [-0.3, -0.25) is 9.59 Å². The molecule has 1 aromatic heterocycles. The summed E-state index contributed by atoms with van der Waals surface area (Å²) in [6, 6.07) is 5.01. The molecule has 1 amide bonds. The summed E-state index contributed by atoms with van der Waals surface area (Å²) in [5.41, 5.74) is 1.44. The molecule has 7 heteroatoms. The first-order chi connectivity index (χ1) is 8.61. The Balaban J connectivity index is 2.23. The van der Waals surface area contributed by atoms with Gasteiger partial charge in [0.15, 0.2) is 5.78 Å². The van der Waals surface area contributed by atoms with Crippen LogP contribution in [0.3, 0.4) is 0 Å². The van der Waals surface area contributed by atoms with Crippen molar-refractivity contribution in [3.63, 3.8) is 0 Å². The predicted octanol–water partition coefficient (Wildman–Crippen LogP) is 0.921. The molecule has 0 saturated heterocycles. The molecular weight excluding hydrogens is 236 g/mol. The van der Waals surface area contributed by atoms with Crippen molar-refractivity contribution >= 4 is 34.1 Å². The second-order valence-electron chi connectivity index (χ2n) is 3.59. The molecule has 92 valence electrons. The Morgan fingerprint density at radius 2 is 2.22 bits per heavy atom. The van der Waals surface area contributed by atoms with Crippen molar-refractivity contribution in [1.29, 1.82) is 0 Å². The van der Waals surface area contributed by atoms with E-state index in [1.165, 1.54) is 6.33 Å². The maximum absolute atomic E-state index is 11.6. The standard InChI is InChI=1S/C11H10N4O3/c1-6(16)10(15-18)11(17)14-7-2-3-8-9(4-7)13-5-12-8/h2-5,18H,1H3,(H,12,13)(H,14,17)/b15-10+. The van der Waals surface area contributed by atoms with Crippen molar-refractivity contribution in [2.24, 2.45) is 5.16 Å². The number of H-pyrrole nitrogens is 1. The van der Waals surface area contributed by atoms with E-state index < -0.39 is 17.4 Å². The van der Waals surface area contributed by atoms with E-state index in [0.717, 1.165) is 18.0 Å². The van der Waals surface area contributed by atoms with Gasteiger partial charge in [0.25, 0.3) is 5.91 Å². The van der Waals surface area contributed by atoms with E-state index in [4.69, 9.17) is 5.21 Å². The zero-order valence-corrected chi connectivity index (χ0v) is 9.47. The first-order valence-corrected chi connectivity index (χ1v) is 5.09. The van der Waals surface area contributed by atoms with Crippen LogP contribution >= 0.6 is 0 Å². The minimum Gasteiger partial charge on any atom is -0.410 e. The number of aromatic amines is 1. The van der Waals surface area contributed by atoms with Crippen LogP contribution in [0, 0.1) is 0 Å². The highest BCUT2D eigenvalue weighted by Gasteiger charge is 2.17. The normalized spacial score (nSPS) is 11.5. The lowest BCUT2D eigenvalue weighted by Gasteiger charge is -2.04. The molecule has 0 spiro atoms. The number of ketones is 1. The number of fused-ring (bicyclic) bond motifs is 1. The molecule has 0 unspecified atom stereocenters. The van der Waals surface area contributed by atoms with Gasteiger partial charge in [-0.05, 0) is 18.2 Å². The lowest BCUT2D eigenvalue weighted by Crippen LogP contribution is -2.28. The molecule has 18 heavy (non-hydrogen) atoms. The van der Waals surface area contributed by atoms with Crippen molar-refractivity contribution in [2.75, 3.05) is 5.32 Å². The molecule has 1 heterocycles. The summed E-state index contributed by atoms with van der Waals surface area (Å²) in [5, 5.41) is 13.7. The van der Waals surface area contributed by atoms with Crippen LogP contribution in [0.5, 0.6) is 0 Å². The smallest absolute Gasteiger partial charge is 0.281 e. The minimum absolute atomic E-state index is 0.471. The third-order valence-corrected chi connectivity index (χ3v) is 2.33. The number of aromatic nitrogens is 2. The summed E-state index contributed by atoms with van der Waals surface area (Å²) >= 11 is 0. The molecule has 0 radical (unpaired) electrons. The predicted molar refractivity (Wildman–Crippen MR) is 64.6 cm³/mol. The van der Waals surface area contributed by atoms with E-state index in [1.807, 2.05) is 0 Å². The summed E-state index contributed by atoms with van der Waals surface area (Å²) in [6.07, 6.45) is 1.53. The van der Waals surface area contributed by atoms with Gasteiger partial charge in [-0.15, -0.1) is 0 Å². The van der Waals surface area contributed by atoms with E-state index in [9.17, 15) is 9.59 Å². The van der Waals surface area contributed by atoms with Gasteiger partial charge in [0.1, 0.15) is 0 Å². The van der Waals surface area contributed by atoms with Crippen LogP contribution in [-0.2, 0) is 9.59 Å².